The largest absolute Gasteiger partial charge is 0.481 e. The highest BCUT2D eigenvalue weighted by atomic mass is 19.3. The maximum absolute atomic E-state index is 13.8. The summed E-state index contributed by atoms with van der Waals surface area (Å²) in [6, 6.07) is 2.29. The number of hydrogen-bond acceptors (Lipinski definition) is 3. The monoisotopic (exact) mass is 332 g/mol. The first-order chi connectivity index (χ1) is 10.9. The van der Waals surface area contributed by atoms with E-state index in [4.69, 9.17) is 5.11 Å². The summed E-state index contributed by atoms with van der Waals surface area (Å²) in [6.45, 7) is -2.67. The molecule has 1 aromatic carbocycles. The van der Waals surface area contributed by atoms with Gasteiger partial charge in [0.2, 0.25) is 0 Å². The highest BCUT2D eigenvalue weighted by molar-refractivity contribution is 5.90. The maximum atomic E-state index is 13.8. The standard InChI is InChI=1S/C14H15F3N2O4/c15-10-6-9(23-13(16)17)3-4-11(10)18-14(22)19-5-1-2-8(7-19)12(20)21/h3-4,6,8,13H,1-2,5,7H2,(H,18,22)(H,20,21). The van der Waals surface area contributed by atoms with Crippen LogP contribution in [0, 0.1) is 11.7 Å². The van der Waals surface area contributed by atoms with Gasteiger partial charge in [0.1, 0.15) is 11.6 Å². The molecule has 1 aliphatic rings. The van der Waals surface area contributed by atoms with E-state index in [-0.39, 0.29) is 18.0 Å². The second kappa shape index (κ2) is 7.21. The summed E-state index contributed by atoms with van der Waals surface area (Å²) in [4.78, 5) is 24.3. The topological polar surface area (TPSA) is 78.9 Å². The Morgan fingerprint density at radius 1 is 1.39 bits per heavy atom. The smallest absolute Gasteiger partial charge is 0.387 e. The molecule has 1 aliphatic heterocycles. The number of carboxylic acids is 1. The summed E-state index contributed by atoms with van der Waals surface area (Å²) in [5.41, 5.74) is -0.200. The first kappa shape index (κ1) is 16.9. The lowest BCUT2D eigenvalue weighted by Crippen LogP contribution is -2.44. The second-order valence-electron chi connectivity index (χ2n) is 5.07. The number of halogens is 3. The van der Waals surface area contributed by atoms with Gasteiger partial charge in [-0.15, -0.1) is 0 Å². The van der Waals surface area contributed by atoms with Crippen molar-refractivity contribution in [3.8, 4) is 5.75 Å². The van der Waals surface area contributed by atoms with Crippen LogP contribution in [0.1, 0.15) is 12.8 Å². The number of nitrogens with zero attached hydrogens (tertiary/aromatic N) is 1. The van der Waals surface area contributed by atoms with E-state index in [1.165, 1.54) is 4.90 Å². The van der Waals surface area contributed by atoms with E-state index >= 15 is 0 Å². The molecular weight excluding hydrogens is 317 g/mol. The van der Waals surface area contributed by atoms with E-state index in [0.29, 0.717) is 19.4 Å². The molecule has 0 radical (unpaired) electrons. The van der Waals surface area contributed by atoms with Crippen LogP contribution in [0.4, 0.5) is 23.7 Å². The minimum atomic E-state index is -3.07. The van der Waals surface area contributed by atoms with Crippen molar-refractivity contribution < 1.29 is 32.6 Å². The number of aliphatic carboxylic acids is 1. The van der Waals surface area contributed by atoms with Crippen LogP contribution in [0.25, 0.3) is 0 Å². The first-order valence-corrected chi connectivity index (χ1v) is 6.90. The minimum Gasteiger partial charge on any atom is -0.481 e. The van der Waals surface area contributed by atoms with Gasteiger partial charge >= 0.3 is 18.6 Å². The number of carboxylic acid groups (broad SMARTS) is 1. The summed E-state index contributed by atoms with van der Waals surface area (Å²) in [5.74, 6) is -2.92. The Bertz CT molecular complexity index is 597. The normalized spacial score (nSPS) is 17.9. The minimum absolute atomic E-state index is 0.0371. The number of hydrogen-bond donors (Lipinski definition) is 2. The molecule has 23 heavy (non-hydrogen) atoms. The van der Waals surface area contributed by atoms with E-state index in [9.17, 15) is 22.8 Å². The van der Waals surface area contributed by atoms with Gasteiger partial charge in [-0.3, -0.25) is 4.79 Å². The Morgan fingerprint density at radius 2 is 2.13 bits per heavy atom. The zero-order valence-electron chi connectivity index (χ0n) is 12.0. The Hall–Kier alpha value is -2.45. The Morgan fingerprint density at radius 3 is 2.74 bits per heavy atom. The van der Waals surface area contributed by atoms with Crippen molar-refractivity contribution in [1.82, 2.24) is 4.90 Å². The summed E-state index contributed by atoms with van der Waals surface area (Å²) in [6.07, 6.45) is 1.02. The van der Waals surface area contributed by atoms with Crippen molar-refractivity contribution in [3.63, 3.8) is 0 Å². The molecule has 1 unspecified atom stereocenters. The number of piperidine rings is 1. The fourth-order valence-corrected chi connectivity index (χ4v) is 2.33. The Kier molecular flexibility index (Phi) is 5.30. The van der Waals surface area contributed by atoms with Crippen LogP contribution in [0.2, 0.25) is 0 Å². The lowest BCUT2D eigenvalue weighted by atomic mass is 9.99. The van der Waals surface area contributed by atoms with Crippen LogP contribution < -0.4 is 10.1 Å². The number of carbonyl (C=O) groups excluding carboxylic acids is 1. The molecule has 1 atom stereocenters. The number of alkyl halides is 2. The fourth-order valence-electron chi connectivity index (χ4n) is 2.33. The molecule has 6 nitrogen and oxygen atoms in total. The van der Waals surface area contributed by atoms with Gasteiger partial charge in [0.05, 0.1) is 11.6 Å². The molecule has 0 aliphatic carbocycles. The zero-order chi connectivity index (χ0) is 17.0. The highest BCUT2D eigenvalue weighted by Crippen LogP contribution is 2.23. The zero-order valence-corrected chi connectivity index (χ0v) is 12.0. The third kappa shape index (κ3) is 4.51. The van der Waals surface area contributed by atoms with Gasteiger partial charge in [0.25, 0.3) is 0 Å². The average molecular weight is 332 g/mol. The van der Waals surface area contributed by atoms with Gasteiger partial charge in [-0.2, -0.15) is 8.78 Å². The molecule has 0 bridgehead atoms. The molecule has 0 saturated carbocycles. The highest BCUT2D eigenvalue weighted by Gasteiger charge is 2.28. The van der Waals surface area contributed by atoms with Crippen molar-refractivity contribution in [3.05, 3.63) is 24.0 Å². The number of rotatable bonds is 4. The summed E-state index contributed by atoms with van der Waals surface area (Å²) < 4.78 is 41.9. The van der Waals surface area contributed by atoms with Gasteiger partial charge in [-0.05, 0) is 25.0 Å². The number of amides is 2. The number of anilines is 1. The molecule has 2 N–H and O–H groups in total. The third-order valence-corrected chi connectivity index (χ3v) is 3.47. The molecule has 1 aromatic rings. The molecule has 126 valence electrons. The lowest BCUT2D eigenvalue weighted by Gasteiger charge is -2.30. The first-order valence-electron chi connectivity index (χ1n) is 6.90. The average Bonchev–Trinajstić information content (AvgIpc) is 2.49. The van der Waals surface area contributed by atoms with Crippen LogP contribution >= 0.6 is 0 Å². The third-order valence-electron chi connectivity index (χ3n) is 3.47. The van der Waals surface area contributed by atoms with Crippen LogP contribution in [0.5, 0.6) is 5.75 Å². The SMILES string of the molecule is O=C(O)C1CCCN(C(=O)Nc2ccc(OC(F)F)cc2F)C1. The van der Waals surface area contributed by atoms with Gasteiger partial charge in [-0.25, -0.2) is 9.18 Å². The molecule has 0 spiro atoms. The predicted molar refractivity (Wildman–Crippen MR) is 74.0 cm³/mol. The molecule has 2 amide bonds. The Balaban J connectivity index is 2.01. The number of urea groups is 1. The van der Waals surface area contributed by atoms with Crippen molar-refractivity contribution in [2.75, 3.05) is 18.4 Å². The van der Waals surface area contributed by atoms with Crippen molar-refractivity contribution in [1.29, 1.82) is 0 Å². The van der Waals surface area contributed by atoms with Crippen LogP contribution in [-0.4, -0.2) is 41.7 Å². The quantitative estimate of drug-likeness (QED) is 0.889. The molecule has 0 aromatic heterocycles. The van der Waals surface area contributed by atoms with Gasteiger partial charge in [0, 0.05) is 19.2 Å². The van der Waals surface area contributed by atoms with Gasteiger partial charge < -0.3 is 20.1 Å². The summed E-state index contributed by atoms with van der Waals surface area (Å²) in [5, 5.41) is 11.3. The predicted octanol–water partition coefficient (Wildman–Crippen LogP) is 2.76. The molecule has 1 heterocycles. The van der Waals surface area contributed by atoms with E-state index in [1.54, 1.807) is 0 Å². The summed E-state index contributed by atoms with van der Waals surface area (Å²) in [7, 11) is 0. The number of benzene rings is 1. The van der Waals surface area contributed by atoms with Crippen LogP contribution in [0.3, 0.4) is 0 Å². The number of ether oxygens (including phenoxy) is 1. The van der Waals surface area contributed by atoms with Crippen LogP contribution in [0.15, 0.2) is 18.2 Å². The van der Waals surface area contributed by atoms with Gasteiger partial charge in [-0.1, -0.05) is 0 Å². The van der Waals surface area contributed by atoms with Crippen molar-refractivity contribution in [2.24, 2.45) is 5.92 Å². The number of nitrogens with one attached hydrogen (secondary N) is 1. The van der Waals surface area contributed by atoms with E-state index in [1.807, 2.05) is 0 Å². The maximum Gasteiger partial charge on any atom is 0.387 e. The molecule has 1 fully saturated rings. The van der Waals surface area contributed by atoms with Crippen LogP contribution in [-0.2, 0) is 4.79 Å². The van der Waals surface area contributed by atoms with Gasteiger partial charge in [0.15, 0.2) is 0 Å². The number of carbonyl (C=O) groups is 2. The number of likely N-dealkylation sites (tertiary alicyclic amines) is 1. The lowest BCUT2D eigenvalue weighted by molar-refractivity contribution is -0.143. The molecule has 9 heteroatoms. The summed E-state index contributed by atoms with van der Waals surface area (Å²) >= 11 is 0. The van der Waals surface area contributed by atoms with E-state index < -0.39 is 30.3 Å². The van der Waals surface area contributed by atoms with Crippen molar-refractivity contribution in [2.45, 2.75) is 19.5 Å². The molecule has 2 rings (SSSR count). The molecule has 1 saturated heterocycles. The molecular formula is C14H15F3N2O4. The second-order valence-corrected chi connectivity index (χ2v) is 5.07. The van der Waals surface area contributed by atoms with E-state index in [2.05, 4.69) is 10.1 Å². The fraction of sp³-hybridized carbons (Fsp3) is 0.429. The Labute approximate surface area is 129 Å². The van der Waals surface area contributed by atoms with E-state index in [0.717, 1.165) is 18.2 Å². The van der Waals surface area contributed by atoms with Crippen molar-refractivity contribution >= 4 is 17.7 Å².